The summed E-state index contributed by atoms with van der Waals surface area (Å²) >= 11 is 0. The van der Waals surface area contributed by atoms with Gasteiger partial charge in [-0.3, -0.25) is 14.3 Å². The number of carbonyl (C=O) groups excluding carboxylic acids is 2. The van der Waals surface area contributed by atoms with Gasteiger partial charge in [0.2, 0.25) is 11.8 Å². The average Bonchev–Trinajstić information content (AvgIpc) is 3.14. The fourth-order valence-electron chi connectivity index (χ4n) is 2.55. The van der Waals surface area contributed by atoms with E-state index in [0.29, 0.717) is 18.0 Å². The van der Waals surface area contributed by atoms with Gasteiger partial charge >= 0.3 is 0 Å². The molecule has 0 spiro atoms. The van der Waals surface area contributed by atoms with Crippen LogP contribution in [0.4, 0.5) is 5.69 Å². The van der Waals surface area contributed by atoms with Crippen LogP contribution >= 0.6 is 0 Å². The van der Waals surface area contributed by atoms with Gasteiger partial charge in [0.25, 0.3) is 0 Å². The first-order valence-electron chi connectivity index (χ1n) is 6.93. The van der Waals surface area contributed by atoms with E-state index >= 15 is 0 Å². The number of aliphatic hydroxyl groups excluding tert-OH is 1. The molecule has 8 nitrogen and oxygen atoms in total. The van der Waals surface area contributed by atoms with Crippen molar-refractivity contribution in [1.82, 2.24) is 14.9 Å². The number of aromatic nitrogens is 3. The molecule has 1 atom stereocenters. The van der Waals surface area contributed by atoms with Crippen molar-refractivity contribution in [3.05, 3.63) is 29.4 Å². The molecule has 2 aromatic rings. The lowest BCUT2D eigenvalue weighted by atomic mass is 10.1. The molecule has 3 heterocycles. The van der Waals surface area contributed by atoms with E-state index in [1.54, 1.807) is 10.9 Å². The first-order chi connectivity index (χ1) is 10.5. The van der Waals surface area contributed by atoms with Gasteiger partial charge in [0.15, 0.2) is 0 Å². The number of rotatable bonds is 4. The monoisotopic (exact) mass is 304 g/mol. The highest BCUT2D eigenvalue weighted by Gasteiger charge is 2.39. The molecule has 116 valence electrons. The summed E-state index contributed by atoms with van der Waals surface area (Å²) in [5.41, 5.74) is 2.11. The lowest BCUT2D eigenvalue weighted by molar-refractivity contribution is -0.122. The molecule has 22 heavy (non-hydrogen) atoms. The molecule has 1 unspecified atom stereocenters. The molecule has 0 radical (unpaired) electrons. The molecule has 1 aliphatic heterocycles. The summed E-state index contributed by atoms with van der Waals surface area (Å²) in [4.78, 5) is 25.1. The van der Waals surface area contributed by atoms with E-state index in [2.05, 4.69) is 10.3 Å². The summed E-state index contributed by atoms with van der Waals surface area (Å²) in [6, 6.07) is 0. The number of hydrogen-bond acceptors (Lipinski definition) is 6. The molecule has 1 N–H and O–H groups in total. The van der Waals surface area contributed by atoms with Crippen molar-refractivity contribution < 1.29 is 19.2 Å². The van der Waals surface area contributed by atoms with Crippen LogP contribution in [0, 0.1) is 19.8 Å². The zero-order chi connectivity index (χ0) is 15.9. The normalized spacial score (nSPS) is 18.5. The van der Waals surface area contributed by atoms with Gasteiger partial charge in [-0.2, -0.15) is 5.10 Å². The van der Waals surface area contributed by atoms with Crippen LogP contribution in [-0.4, -0.2) is 38.5 Å². The molecule has 3 rings (SSSR count). The van der Waals surface area contributed by atoms with Crippen molar-refractivity contribution in [3.63, 3.8) is 0 Å². The minimum Gasteiger partial charge on any atom is -0.396 e. The summed E-state index contributed by atoms with van der Waals surface area (Å²) in [7, 11) is 0. The highest BCUT2D eigenvalue weighted by Crippen LogP contribution is 2.26. The maximum Gasteiger partial charge on any atom is 0.239 e. The number of amides is 2. The van der Waals surface area contributed by atoms with Gasteiger partial charge in [-0.1, -0.05) is 5.16 Å². The molecule has 2 amide bonds. The van der Waals surface area contributed by atoms with Gasteiger partial charge in [0, 0.05) is 18.2 Å². The van der Waals surface area contributed by atoms with Crippen LogP contribution in [0.1, 0.15) is 23.4 Å². The Balaban J connectivity index is 1.82. The van der Waals surface area contributed by atoms with Gasteiger partial charge in [-0.25, -0.2) is 4.90 Å². The first-order valence-corrected chi connectivity index (χ1v) is 6.93. The zero-order valence-corrected chi connectivity index (χ0v) is 12.3. The van der Waals surface area contributed by atoms with E-state index < -0.39 is 5.92 Å². The maximum atomic E-state index is 12.1. The summed E-state index contributed by atoms with van der Waals surface area (Å²) < 4.78 is 6.72. The predicted molar refractivity (Wildman–Crippen MR) is 75.0 cm³/mol. The Morgan fingerprint density at radius 1 is 1.41 bits per heavy atom. The Morgan fingerprint density at radius 3 is 2.77 bits per heavy atom. The van der Waals surface area contributed by atoms with E-state index in [1.165, 1.54) is 6.20 Å². The van der Waals surface area contributed by atoms with Crippen molar-refractivity contribution >= 4 is 17.5 Å². The molecule has 8 heteroatoms. The van der Waals surface area contributed by atoms with Crippen molar-refractivity contribution in [1.29, 1.82) is 0 Å². The molecule has 0 aliphatic carbocycles. The zero-order valence-electron chi connectivity index (χ0n) is 12.3. The van der Waals surface area contributed by atoms with E-state index in [9.17, 15) is 9.59 Å². The summed E-state index contributed by atoms with van der Waals surface area (Å²) in [5, 5.41) is 17.2. The third-order valence-electron chi connectivity index (χ3n) is 3.84. The van der Waals surface area contributed by atoms with E-state index in [1.807, 2.05) is 13.8 Å². The molecule has 2 aromatic heterocycles. The van der Waals surface area contributed by atoms with Crippen molar-refractivity contribution in [2.45, 2.75) is 26.8 Å². The Morgan fingerprint density at radius 2 is 2.18 bits per heavy atom. The van der Waals surface area contributed by atoms with Gasteiger partial charge < -0.3 is 9.63 Å². The first kappa shape index (κ1) is 14.5. The third-order valence-corrected chi connectivity index (χ3v) is 3.84. The van der Waals surface area contributed by atoms with Gasteiger partial charge in [0.1, 0.15) is 5.76 Å². The average molecular weight is 304 g/mol. The second-order valence-electron chi connectivity index (χ2n) is 5.35. The van der Waals surface area contributed by atoms with Gasteiger partial charge in [-0.05, 0) is 13.8 Å². The standard InChI is InChI=1S/C14H16N4O4/c1-8-12(9(2)22-16-8)6-17-5-11(4-15-17)18-13(20)3-10(7-19)14(18)21/h4-5,10,19H,3,6-7H2,1-2H3. The Hall–Kier alpha value is -2.48. The molecule has 0 bridgehead atoms. The number of hydrogen-bond donors (Lipinski definition) is 1. The summed E-state index contributed by atoms with van der Waals surface area (Å²) in [5.74, 6) is -0.646. The smallest absolute Gasteiger partial charge is 0.239 e. The number of carbonyl (C=O) groups is 2. The van der Waals surface area contributed by atoms with Gasteiger partial charge in [-0.15, -0.1) is 0 Å². The van der Waals surface area contributed by atoms with Crippen molar-refractivity contribution in [2.24, 2.45) is 5.92 Å². The maximum absolute atomic E-state index is 12.1. The van der Waals surface area contributed by atoms with E-state index in [4.69, 9.17) is 9.63 Å². The summed E-state index contributed by atoms with van der Waals surface area (Å²) in [6.45, 7) is 3.78. The van der Waals surface area contributed by atoms with Crippen LogP contribution < -0.4 is 4.90 Å². The second-order valence-corrected chi connectivity index (χ2v) is 5.35. The molecular weight excluding hydrogens is 288 g/mol. The second kappa shape index (κ2) is 5.38. The van der Waals surface area contributed by atoms with Gasteiger partial charge in [0.05, 0.1) is 36.6 Å². The number of anilines is 1. The minimum atomic E-state index is -0.654. The third kappa shape index (κ3) is 2.31. The number of aryl methyl sites for hydroxylation is 2. The van der Waals surface area contributed by atoms with E-state index in [0.717, 1.165) is 16.2 Å². The topological polar surface area (TPSA) is 101 Å². The molecular formula is C14H16N4O4. The molecule has 0 saturated carbocycles. The lowest BCUT2D eigenvalue weighted by Gasteiger charge is -2.11. The fourth-order valence-corrected chi connectivity index (χ4v) is 2.55. The molecule has 1 aliphatic rings. The minimum absolute atomic E-state index is 0.0321. The van der Waals surface area contributed by atoms with Crippen molar-refractivity contribution in [2.75, 3.05) is 11.5 Å². The van der Waals surface area contributed by atoms with Crippen LogP contribution in [0.3, 0.4) is 0 Å². The Labute approximate surface area is 126 Å². The van der Waals surface area contributed by atoms with Crippen LogP contribution in [0.2, 0.25) is 0 Å². The molecule has 1 saturated heterocycles. The molecule has 0 aromatic carbocycles. The fraction of sp³-hybridized carbons (Fsp3) is 0.429. The highest BCUT2D eigenvalue weighted by molar-refractivity contribution is 6.20. The SMILES string of the molecule is Cc1noc(C)c1Cn1cc(N2C(=O)CC(CO)C2=O)cn1. The quantitative estimate of drug-likeness (QED) is 0.821. The number of imide groups is 1. The highest BCUT2D eigenvalue weighted by atomic mass is 16.5. The number of nitrogens with zero attached hydrogens (tertiary/aromatic N) is 4. The lowest BCUT2D eigenvalue weighted by Crippen LogP contribution is -2.30. The van der Waals surface area contributed by atoms with Crippen LogP contribution in [0.15, 0.2) is 16.9 Å². The summed E-state index contributed by atoms with van der Waals surface area (Å²) in [6.07, 6.45) is 3.12. The van der Waals surface area contributed by atoms with Crippen LogP contribution in [-0.2, 0) is 16.1 Å². The van der Waals surface area contributed by atoms with E-state index in [-0.39, 0.29) is 24.8 Å². The number of aliphatic hydroxyl groups is 1. The molecule has 1 fully saturated rings. The Kier molecular flexibility index (Phi) is 3.53. The van der Waals surface area contributed by atoms with Crippen molar-refractivity contribution in [3.8, 4) is 0 Å². The predicted octanol–water partition coefficient (Wildman–Crippen LogP) is 0.408. The van der Waals surface area contributed by atoms with Crippen LogP contribution in [0.5, 0.6) is 0 Å². The largest absolute Gasteiger partial charge is 0.396 e. The Bertz CT molecular complexity index is 714. The van der Waals surface area contributed by atoms with Crippen LogP contribution in [0.25, 0.3) is 0 Å².